The van der Waals surface area contributed by atoms with Crippen LogP contribution in [0.2, 0.25) is 0 Å². The van der Waals surface area contributed by atoms with Crippen LogP contribution in [0.4, 0.5) is 0 Å². The van der Waals surface area contributed by atoms with Gasteiger partial charge in [-0.05, 0) is 90.3 Å². The van der Waals surface area contributed by atoms with E-state index in [2.05, 4.69) is 79.7 Å². The van der Waals surface area contributed by atoms with Crippen molar-refractivity contribution in [1.82, 2.24) is 0 Å². The molecule has 1 heteroatoms. The maximum absolute atomic E-state index is 11.4. The molecule has 0 spiro atoms. The van der Waals surface area contributed by atoms with Gasteiger partial charge in [-0.15, -0.1) is 0 Å². The summed E-state index contributed by atoms with van der Waals surface area (Å²) in [5, 5.41) is 11.4. The summed E-state index contributed by atoms with van der Waals surface area (Å²) < 4.78 is 0. The van der Waals surface area contributed by atoms with E-state index in [1.54, 1.807) is 11.1 Å². The maximum atomic E-state index is 11.4. The van der Waals surface area contributed by atoms with Crippen molar-refractivity contribution in [2.45, 2.75) is 106 Å². The number of aliphatic hydroxyl groups excluding tert-OH is 1. The summed E-state index contributed by atoms with van der Waals surface area (Å²) >= 11 is 0. The lowest BCUT2D eigenvalue weighted by Crippen LogP contribution is -2.50. The van der Waals surface area contributed by atoms with E-state index < -0.39 is 0 Å². The second kappa shape index (κ2) is 7.61. The molecule has 4 aliphatic carbocycles. The van der Waals surface area contributed by atoms with Gasteiger partial charge in [-0.1, -0.05) is 90.8 Å². The number of rotatable bonds is 4. The van der Waals surface area contributed by atoms with Crippen LogP contribution in [0, 0.1) is 45.3 Å². The van der Waals surface area contributed by atoms with Crippen LogP contribution >= 0.6 is 0 Å². The fourth-order valence-electron chi connectivity index (χ4n) is 9.13. The summed E-state index contributed by atoms with van der Waals surface area (Å²) in [5.41, 5.74) is 4.52. The van der Waals surface area contributed by atoms with Gasteiger partial charge in [0.1, 0.15) is 0 Å². The summed E-state index contributed by atoms with van der Waals surface area (Å²) in [6.07, 6.45) is 17.8. The minimum atomic E-state index is -0.169. The number of hydrogen-bond donors (Lipinski definition) is 1. The van der Waals surface area contributed by atoms with Crippen LogP contribution in [0.5, 0.6) is 0 Å². The first-order valence-corrected chi connectivity index (χ1v) is 13.1. The molecule has 4 aliphatic rings. The summed E-state index contributed by atoms with van der Waals surface area (Å²) in [6, 6.07) is 0. The molecule has 0 aromatic rings. The zero-order valence-electron chi connectivity index (χ0n) is 21.6. The van der Waals surface area contributed by atoms with Gasteiger partial charge in [-0.3, -0.25) is 0 Å². The van der Waals surface area contributed by atoms with E-state index in [4.69, 9.17) is 0 Å². The highest BCUT2D eigenvalue weighted by Gasteiger charge is 2.64. The van der Waals surface area contributed by atoms with Gasteiger partial charge >= 0.3 is 0 Å². The van der Waals surface area contributed by atoms with Gasteiger partial charge in [-0.25, -0.2) is 0 Å². The smallest absolute Gasteiger partial charge is 0.0585 e. The van der Waals surface area contributed by atoms with Crippen LogP contribution in [0.25, 0.3) is 0 Å². The van der Waals surface area contributed by atoms with E-state index in [0.717, 1.165) is 18.8 Å². The highest BCUT2D eigenvalue weighted by atomic mass is 16.3. The second-order valence-electron chi connectivity index (χ2n) is 13.3. The van der Waals surface area contributed by atoms with Crippen molar-refractivity contribution in [1.29, 1.82) is 0 Å². The zero-order chi connectivity index (χ0) is 22.8. The van der Waals surface area contributed by atoms with Crippen molar-refractivity contribution < 1.29 is 5.11 Å². The topological polar surface area (TPSA) is 20.2 Å². The van der Waals surface area contributed by atoms with E-state index in [0.29, 0.717) is 28.6 Å². The lowest BCUT2D eigenvalue weighted by atomic mass is 9.44. The van der Waals surface area contributed by atoms with E-state index in [-0.39, 0.29) is 16.9 Å². The van der Waals surface area contributed by atoms with Crippen molar-refractivity contribution in [3.63, 3.8) is 0 Å². The molecular formula is C30H48O. The number of allylic oxidation sites excluding steroid dienone is 6. The quantitative estimate of drug-likeness (QED) is 0.452. The Bertz CT molecular complexity index is 797. The van der Waals surface area contributed by atoms with Crippen LogP contribution in [0.1, 0.15) is 100 Å². The summed E-state index contributed by atoms with van der Waals surface area (Å²) in [6.45, 7) is 19.4. The van der Waals surface area contributed by atoms with Crippen LogP contribution in [-0.2, 0) is 0 Å². The molecule has 7 atom stereocenters. The standard InChI is InChI=1S/C30H48O/c1-20(2)11-9-12-21(3)26-24(31)19-30(8)23-13-14-25-27(4,5)16-10-17-28(25,6)22(23)15-18-29(26,30)7/h9-11,16,20-21,24-26,31H,12-15,17-19H2,1-8H3/t21-,24+,25?,26+,28-,29-,30+/m1/s1. The number of aliphatic hydroxyl groups is 1. The molecule has 0 radical (unpaired) electrons. The third-order valence-electron chi connectivity index (χ3n) is 10.7. The molecule has 4 rings (SSSR count). The Labute approximate surface area is 192 Å². The Hall–Kier alpha value is -0.820. The van der Waals surface area contributed by atoms with Gasteiger partial charge in [-0.2, -0.15) is 0 Å². The predicted octanol–water partition coefficient (Wildman–Crippen LogP) is 8.11. The molecule has 0 aromatic carbocycles. The molecule has 1 saturated carbocycles. The average molecular weight is 425 g/mol. The van der Waals surface area contributed by atoms with E-state index in [1.165, 1.54) is 32.1 Å². The largest absolute Gasteiger partial charge is 0.393 e. The van der Waals surface area contributed by atoms with E-state index in [1.807, 2.05) is 0 Å². The third-order valence-corrected chi connectivity index (χ3v) is 10.7. The van der Waals surface area contributed by atoms with E-state index in [9.17, 15) is 5.11 Å². The fourth-order valence-corrected chi connectivity index (χ4v) is 9.13. The van der Waals surface area contributed by atoms with Gasteiger partial charge in [0, 0.05) is 0 Å². The molecular weight excluding hydrogens is 376 g/mol. The van der Waals surface area contributed by atoms with Crippen molar-refractivity contribution >= 4 is 0 Å². The Kier molecular flexibility index (Phi) is 5.73. The van der Waals surface area contributed by atoms with E-state index >= 15 is 0 Å². The molecule has 31 heavy (non-hydrogen) atoms. The Balaban J connectivity index is 1.70. The first-order chi connectivity index (χ1) is 14.4. The van der Waals surface area contributed by atoms with Gasteiger partial charge in [0.2, 0.25) is 0 Å². The first-order valence-electron chi connectivity index (χ1n) is 13.1. The van der Waals surface area contributed by atoms with Gasteiger partial charge in [0.15, 0.2) is 0 Å². The maximum Gasteiger partial charge on any atom is 0.0585 e. The minimum absolute atomic E-state index is 0.153. The van der Waals surface area contributed by atoms with Crippen LogP contribution in [-0.4, -0.2) is 11.2 Å². The molecule has 1 N–H and O–H groups in total. The second-order valence-corrected chi connectivity index (χ2v) is 13.3. The van der Waals surface area contributed by atoms with Gasteiger partial charge in [0.25, 0.3) is 0 Å². The number of hydrogen-bond acceptors (Lipinski definition) is 1. The highest BCUT2D eigenvalue weighted by Crippen LogP contribution is 2.72. The average Bonchev–Trinajstić information content (AvgIpc) is 2.86. The molecule has 1 fully saturated rings. The summed E-state index contributed by atoms with van der Waals surface area (Å²) in [7, 11) is 0. The van der Waals surface area contributed by atoms with Crippen molar-refractivity contribution in [3.05, 3.63) is 35.5 Å². The molecule has 0 bridgehead atoms. The van der Waals surface area contributed by atoms with Crippen molar-refractivity contribution in [2.75, 3.05) is 0 Å². The van der Waals surface area contributed by atoms with Crippen LogP contribution in [0.3, 0.4) is 0 Å². The molecule has 0 saturated heterocycles. The Morgan fingerprint density at radius 2 is 1.77 bits per heavy atom. The molecule has 0 aromatic heterocycles. The molecule has 1 unspecified atom stereocenters. The number of fused-ring (bicyclic) bond motifs is 4. The van der Waals surface area contributed by atoms with Gasteiger partial charge < -0.3 is 5.11 Å². The zero-order valence-corrected chi connectivity index (χ0v) is 21.6. The molecule has 0 aliphatic heterocycles. The Morgan fingerprint density at radius 3 is 2.45 bits per heavy atom. The van der Waals surface area contributed by atoms with Crippen molar-refractivity contribution in [2.24, 2.45) is 45.3 Å². The molecule has 174 valence electrons. The summed E-state index contributed by atoms with van der Waals surface area (Å²) in [5.74, 6) is 2.28. The molecule has 1 nitrogen and oxygen atoms in total. The lowest BCUT2D eigenvalue weighted by Gasteiger charge is -2.60. The van der Waals surface area contributed by atoms with Gasteiger partial charge in [0.05, 0.1) is 6.10 Å². The third kappa shape index (κ3) is 3.35. The van der Waals surface area contributed by atoms with Crippen LogP contribution < -0.4 is 0 Å². The molecule has 0 heterocycles. The SMILES string of the molecule is CC(C)C=CC[C@@H](C)[C@H]1[C@@H](O)C[C@@]2(C)C3=C(CC[C@]12C)[C@@]1(C)CC=CC(C)(C)C1CC3. The first kappa shape index (κ1) is 23.3. The fraction of sp³-hybridized carbons (Fsp3) is 0.800. The Morgan fingerprint density at radius 1 is 1.06 bits per heavy atom. The van der Waals surface area contributed by atoms with Crippen molar-refractivity contribution in [3.8, 4) is 0 Å². The summed E-state index contributed by atoms with van der Waals surface area (Å²) in [4.78, 5) is 0. The predicted molar refractivity (Wildman–Crippen MR) is 133 cm³/mol. The van der Waals surface area contributed by atoms with Crippen LogP contribution in [0.15, 0.2) is 35.5 Å². The monoisotopic (exact) mass is 424 g/mol. The minimum Gasteiger partial charge on any atom is -0.393 e. The highest BCUT2D eigenvalue weighted by molar-refractivity contribution is 5.40. The lowest BCUT2D eigenvalue weighted by molar-refractivity contribution is -0.00271. The molecule has 0 amide bonds. The normalized spacial score (nSPS) is 45.0.